The molecule has 4 nitrogen and oxygen atoms in total. The SMILES string of the molecule is C=CCOc1ccc(C(=O)C=Cc2cc(OCCC)cc(OCCC)c2C(C)(C)C)cc1. The fourth-order valence-electron chi connectivity index (χ4n) is 3.31. The highest BCUT2D eigenvalue weighted by atomic mass is 16.5. The molecule has 172 valence electrons. The molecule has 0 radical (unpaired) electrons. The van der Waals surface area contributed by atoms with Crippen LogP contribution in [0.25, 0.3) is 6.08 Å². The standard InChI is InChI=1S/C28H36O4/c1-7-16-30-23-13-10-21(11-14-23)25(29)15-12-22-19-24(31-17-8-2)20-26(32-18-9-3)27(22)28(4,5)6/h7,10-15,19-20H,1,8-9,16-18H2,2-6H3. The molecule has 0 saturated carbocycles. The number of rotatable bonds is 12. The van der Waals surface area contributed by atoms with E-state index in [1.165, 1.54) is 0 Å². The van der Waals surface area contributed by atoms with E-state index < -0.39 is 0 Å². The fraction of sp³-hybridized carbons (Fsp3) is 0.393. The summed E-state index contributed by atoms with van der Waals surface area (Å²) < 4.78 is 17.5. The van der Waals surface area contributed by atoms with Gasteiger partial charge in [0.25, 0.3) is 0 Å². The quantitative estimate of drug-likeness (QED) is 0.204. The van der Waals surface area contributed by atoms with Crippen LogP contribution in [0.5, 0.6) is 17.2 Å². The highest BCUT2D eigenvalue weighted by Crippen LogP contribution is 2.38. The lowest BCUT2D eigenvalue weighted by Crippen LogP contribution is -2.16. The molecule has 0 amide bonds. The molecular weight excluding hydrogens is 400 g/mol. The normalized spacial score (nSPS) is 11.4. The second-order valence-electron chi connectivity index (χ2n) is 8.65. The van der Waals surface area contributed by atoms with Crippen LogP contribution in [0.4, 0.5) is 0 Å². The topological polar surface area (TPSA) is 44.8 Å². The fourth-order valence-corrected chi connectivity index (χ4v) is 3.31. The molecule has 0 aliphatic rings. The number of allylic oxidation sites excluding steroid dienone is 1. The third-order valence-electron chi connectivity index (χ3n) is 4.71. The zero-order chi connectivity index (χ0) is 23.6. The van der Waals surface area contributed by atoms with E-state index in [4.69, 9.17) is 14.2 Å². The molecule has 0 aliphatic heterocycles. The molecule has 2 rings (SSSR count). The molecule has 0 aromatic heterocycles. The molecule has 0 bridgehead atoms. The van der Waals surface area contributed by atoms with E-state index in [1.54, 1.807) is 36.4 Å². The van der Waals surface area contributed by atoms with Crippen molar-refractivity contribution in [2.75, 3.05) is 19.8 Å². The minimum Gasteiger partial charge on any atom is -0.493 e. The van der Waals surface area contributed by atoms with Crippen molar-refractivity contribution in [3.8, 4) is 17.2 Å². The Morgan fingerprint density at radius 1 is 0.938 bits per heavy atom. The highest BCUT2D eigenvalue weighted by Gasteiger charge is 2.24. The Bertz CT molecular complexity index is 918. The summed E-state index contributed by atoms with van der Waals surface area (Å²) >= 11 is 0. The van der Waals surface area contributed by atoms with Crippen molar-refractivity contribution in [3.05, 3.63) is 71.8 Å². The van der Waals surface area contributed by atoms with E-state index in [2.05, 4.69) is 41.2 Å². The molecule has 0 unspecified atom stereocenters. The van der Waals surface area contributed by atoms with Gasteiger partial charge in [-0.25, -0.2) is 0 Å². The van der Waals surface area contributed by atoms with Crippen LogP contribution < -0.4 is 14.2 Å². The van der Waals surface area contributed by atoms with Gasteiger partial charge in [0.1, 0.15) is 23.9 Å². The number of hydrogen-bond donors (Lipinski definition) is 0. The van der Waals surface area contributed by atoms with Crippen LogP contribution in [-0.4, -0.2) is 25.6 Å². The van der Waals surface area contributed by atoms with E-state index in [0.717, 1.165) is 35.5 Å². The van der Waals surface area contributed by atoms with E-state index in [9.17, 15) is 4.79 Å². The summed E-state index contributed by atoms with van der Waals surface area (Å²) in [6, 6.07) is 11.1. The van der Waals surface area contributed by atoms with Crippen LogP contribution in [0.1, 0.15) is 68.9 Å². The first-order valence-corrected chi connectivity index (χ1v) is 11.3. The predicted molar refractivity (Wildman–Crippen MR) is 132 cm³/mol. The third kappa shape index (κ3) is 7.30. The van der Waals surface area contributed by atoms with Crippen LogP contribution in [0.3, 0.4) is 0 Å². The number of carbonyl (C=O) groups excluding carboxylic acids is 1. The van der Waals surface area contributed by atoms with E-state index in [-0.39, 0.29) is 11.2 Å². The highest BCUT2D eigenvalue weighted by molar-refractivity contribution is 6.07. The number of ether oxygens (including phenoxy) is 3. The van der Waals surface area contributed by atoms with Crippen LogP contribution in [0.15, 0.2) is 55.1 Å². The molecule has 4 heteroatoms. The second-order valence-corrected chi connectivity index (χ2v) is 8.65. The van der Waals surface area contributed by atoms with E-state index >= 15 is 0 Å². The van der Waals surface area contributed by atoms with Crippen LogP contribution >= 0.6 is 0 Å². The maximum Gasteiger partial charge on any atom is 0.185 e. The molecule has 2 aromatic rings. The smallest absolute Gasteiger partial charge is 0.185 e. The molecule has 2 aromatic carbocycles. The summed E-state index contributed by atoms with van der Waals surface area (Å²) in [5.74, 6) is 2.19. The van der Waals surface area contributed by atoms with Gasteiger partial charge in [-0.3, -0.25) is 4.79 Å². The Morgan fingerprint density at radius 3 is 2.19 bits per heavy atom. The van der Waals surface area contributed by atoms with Crippen molar-refractivity contribution in [2.45, 2.75) is 52.9 Å². The molecule has 0 fully saturated rings. The van der Waals surface area contributed by atoms with Gasteiger partial charge >= 0.3 is 0 Å². The number of benzene rings is 2. The van der Waals surface area contributed by atoms with E-state index in [0.29, 0.717) is 31.1 Å². The zero-order valence-corrected chi connectivity index (χ0v) is 20.1. The van der Waals surface area contributed by atoms with Gasteiger partial charge in [-0.2, -0.15) is 0 Å². The minimum absolute atomic E-state index is 0.0731. The van der Waals surface area contributed by atoms with Gasteiger partial charge in [0.2, 0.25) is 0 Å². The lowest BCUT2D eigenvalue weighted by molar-refractivity contribution is 0.104. The largest absolute Gasteiger partial charge is 0.493 e. The van der Waals surface area contributed by atoms with Gasteiger partial charge < -0.3 is 14.2 Å². The molecular formula is C28H36O4. The second kappa shape index (κ2) is 12.1. The maximum absolute atomic E-state index is 12.8. The van der Waals surface area contributed by atoms with Gasteiger partial charge in [-0.05, 0) is 60.2 Å². The number of carbonyl (C=O) groups is 1. The average molecular weight is 437 g/mol. The molecule has 0 spiro atoms. The summed E-state index contributed by atoms with van der Waals surface area (Å²) in [4.78, 5) is 12.8. The Morgan fingerprint density at radius 2 is 1.59 bits per heavy atom. The van der Waals surface area contributed by atoms with Crippen molar-refractivity contribution in [2.24, 2.45) is 0 Å². The summed E-state index contributed by atoms with van der Waals surface area (Å²) in [6.45, 7) is 15.9. The number of ketones is 1. The first-order chi connectivity index (χ1) is 15.3. The van der Waals surface area contributed by atoms with Gasteiger partial charge in [-0.1, -0.05) is 53.3 Å². The Labute approximate surface area is 192 Å². The molecule has 32 heavy (non-hydrogen) atoms. The van der Waals surface area contributed by atoms with Gasteiger partial charge in [0, 0.05) is 17.2 Å². The lowest BCUT2D eigenvalue weighted by atomic mass is 9.82. The van der Waals surface area contributed by atoms with Crippen molar-refractivity contribution < 1.29 is 19.0 Å². The zero-order valence-electron chi connectivity index (χ0n) is 20.1. The summed E-state index contributed by atoms with van der Waals surface area (Å²) in [6.07, 6.45) is 6.99. The first-order valence-electron chi connectivity index (χ1n) is 11.3. The molecule has 0 saturated heterocycles. The monoisotopic (exact) mass is 436 g/mol. The Balaban J connectivity index is 2.38. The molecule has 0 aliphatic carbocycles. The summed E-state index contributed by atoms with van der Waals surface area (Å²) in [5, 5.41) is 0. The molecule has 0 N–H and O–H groups in total. The van der Waals surface area contributed by atoms with Crippen molar-refractivity contribution in [1.82, 2.24) is 0 Å². The van der Waals surface area contributed by atoms with Crippen molar-refractivity contribution in [1.29, 1.82) is 0 Å². The van der Waals surface area contributed by atoms with Gasteiger partial charge in [-0.15, -0.1) is 0 Å². The maximum atomic E-state index is 12.8. The van der Waals surface area contributed by atoms with Crippen LogP contribution in [-0.2, 0) is 5.41 Å². The molecule has 0 atom stereocenters. The lowest BCUT2D eigenvalue weighted by Gasteiger charge is -2.26. The third-order valence-corrected chi connectivity index (χ3v) is 4.71. The van der Waals surface area contributed by atoms with Crippen molar-refractivity contribution in [3.63, 3.8) is 0 Å². The first kappa shape index (κ1) is 25.3. The van der Waals surface area contributed by atoms with Gasteiger partial charge in [0.05, 0.1) is 13.2 Å². The summed E-state index contributed by atoms with van der Waals surface area (Å²) in [5.41, 5.74) is 2.42. The van der Waals surface area contributed by atoms with Crippen LogP contribution in [0, 0.1) is 0 Å². The van der Waals surface area contributed by atoms with Crippen LogP contribution in [0.2, 0.25) is 0 Å². The minimum atomic E-state index is -0.167. The van der Waals surface area contributed by atoms with Gasteiger partial charge in [0.15, 0.2) is 5.78 Å². The molecule has 0 heterocycles. The number of hydrogen-bond acceptors (Lipinski definition) is 4. The Kier molecular flexibility index (Phi) is 9.58. The Hall–Kier alpha value is -3.01. The predicted octanol–water partition coefficient (Wildman–Crippen LogP) is 7.02. The summed E-state index contributed by atoms with van der Waals surface area (Å²) in [7, 11) is 0. The average Bonchev–Trinajstić information content (AvgIpc) is 2.77. The van der Waals surface area contributed by atoms with Crippen molar-refractivity contribution >= 4 is 11.9 Å². The van der Waals surface area contributed by atoms with E-state index in [1.807, 2.05) is 18.2 Å².